The molecule has 0 radical (unpaired) electrons. The molecule has 2 atom stereocenters. The van der Waals surface area contributed by atoms with Crippen LogP contribution in [0.25, 0.3) is 0 Å². The van der Waals surface area contributed by atoms with Gasteiger partial charge < -0.3 is 5.73 Å². The Hall–Kier alpha value is -1.42. The van der Waals surface area contributed by atoms with Crippen molar-refractivity contribution in [3.05, 3.63) is 29.8 Å². The van der Waals surface area contributed by atoms with Crippen LogP contribution in [0.2, 0.25) is 0 Å². The topological polar surface area (TPSA) is 96.0 Å². The Balaban J connectivity index is 2.26. The molecule has 0 bridgehead atoms. The van der Waals surface area contributed by atoms with Crippen molar-refractivity contribution < 1.29 is 8.42 Å². The van der Waals surface area contributed by atoms with Crippen molar-refractivity contribution in [3.63, 3.8) is 0 Å². The van der Waals surface area contributed by atoms with Crippen LogP contribution in [0.1, 0.15) is 24.8 Å². The Bertz CT molecular complexity index is 592. The molecule has 2 unspecified atom stereocenters. The highest BCUT2D eigenvalue weighted by molar-refractivity contribution is 7.89. The predicted octanol–water partition coefficient (Wildman–Crippen LogP) is 0.964. The second-order valence-corrected chi connectivity index (χ2v) is 6.44. The first-order chi connectivity index (χ1) is 9.08. The number of benzene rings is 1. The summed E-state index contributed by atoms with van der Waals surface area (Å²) in [5.74, 6) is 0.184. The molecular weight excluding hydrogens is 262 g/mol. The fraction of sp³-hybridized carbons (Fsp3) is 0.462. The zero-order valence-electron chi connectivity index (χ0n) is 10.5. The molecule has 0 amide bonds. The van der Waals surface area contributed by atoms with Crippen molar-refractivity contribution in [2.75, 3.05) is 6.54 Å². The minimum absolute atomic E-state index is 0.0418. The first kappa shape index (κ1) is 14.0. The molecule has 5 nitrogen and oxygen atoms in total. The molecule has 6 heteroatoms. The third-order valence-electron chi connectivity index (χ3n) is 3.57. The fourth-order valence-corrected chi connectivity index (χ4v) is 4.03. The van der Waals surface area contributed by atoms with Crippen LogP contribution in [-0.2, 0) is 10.0 Å². The number of rotatable bonds is 4. The molecule has 102 valence electrons. The van der Waals surface area contributed by atoms with Crippen molar-refractivity contribution >= 4 is 10.0 Å². The maximum absolute atomic E-state index is 12.3. The van der Waals surface area contributed by atoms with Crippen LogP contribution in [0.3, 0.4) is 0 Å². The lowest BCUT2D eigenvalue weighted by Crippen LogP contribution is -2.40. The molecule has 0 aliphatic heterocycles. The highest BCUT2D eigenvalue weighted by Crippen LogP contribution is 2.26. The van der Waals surface area contributed by atoms with E-state index in [-0.39, 0.29) is 22.4 Å². The van der Waals surface area contributed by atoms with Gasteiger partial charge in [-0.15, -0.1) is 0 Å². The summed E-state index contributed by atoms with van der Waals surface area (Å²) < 4.78 is 27.3. The van der Waals surface area contributed by atoms with E-state index in [0.717, 1.165) is 19.3 Å². The summed E-state index contributed by atoms with van der Waals surface area (Å²) in [4.78, 5) is 0.0418. The quantitative estimate of drug-likeness (QED) is 0.858. The summed E-state index contributed by atoms with van der Waals surface area (Å²) in [5.41, 5.74) is 5.81. The molecule has 1 fully saturated rings. The number of hydrogen-bond acceptors (Lipinski definition) is 4. The van der Waals surface area contributed by atoms with E-state index in [0.29, 0.717) is 6.54 Å². The Morgan fingerprint density at radius 2 is 2.11 bits per heavy atom. The second-order valence-electron chi connectivity index (χ2n) is 4.76. The van der Waals surface area contributed by atoms with Gasteiger partial charge in [0.25, 0.3) is 0 Å². The Labute approximate surface area is 113 Å². The Kier molecular flexibility index (Phi) is 4.20. The summed E-state index contributed by atoms with van der Waals surface area (Å²) in [5, 5.41) is 8.98. The lowest BCUT2D eigenvalue weighted by molar-refractivity contribution is 0.453. The normalized spacial score (nSPS) is 23.2. The smallest absolute Gasteiger partial charge is 0.242 e. The van der Waals surface area contributed by atoms with E-state index >= 15 is 0 Å². The molecule has 1 aromatic rings. The molecule has 19 heavy (non-hydrogen) atoms. The molecule has 0 aromatic heterocycles. The van der Waals surface area contributed by atoms with Crippen LogP contribution < -0.4 is 10.5 Å². The SMILES string of the molecule is N#Cc1ccccc1S(=O)(=O)NC1CCCC1CN. The van der Waals surface area contributed by atoms with Crippen molar-refractivity contribution in [2.45, 2.75) is 30.2 Å². The predicted molar refractivity (Wildman–Crippen MR) is 71.7 cm³/mol. The average Bonchev–Trinajstić information content (AvgIpc) is 2.85. The zero-order chi connectivity index (χ0) is 13.9. The van der Waals surface area contributed by atoms with Gasteiger partial charge in [0.1, 0.15) is 6.07 Å². The van der Waals surface area contributed by atoms with E-state index in [1.165, 1.54) is 12.1 Å². The summed E-state index contributed by atoms with van der Waals surface area (Å²) in [6.07, 6.45) is 2.73. The lowest BCUT2D eigenvalue weighted by Gasteiger charge is -2.19. The molecule has 1 aliphatic carbocycles. The number of hydrogen-bond donors (Lipinski definition) is 2. The van der Waals surface area contributed by atoms with Crippen LogP contribution in [0.4, 0.5) is 0 Å². The summed E-state index contributed by atoms with van der Waals surface area (Å²) >= 11 is 0. The van der Waals surface area contributed by atoms with Gasteiger partial charge in [-0.05, 0) is 37.4 Å². The average molecular weight is 279 g/mol. The maximum Gasteiger partial charge on any atom is 0.242 e. The van der Waals surface area contributed by atoms with Crippen LogP contribution in [0.15, 0.2) is 29.2 Å². The molecule has 1 saturated carbocycles. The van der Waals surface area contributed by atoms with Gasteiger partial charge in [0, 0.05) is 6.04 Å². The zero-order valence-corrected chi connectivity index (χ0v) is 11.4. The van der Waals surface area contributed by atoms with Gasteiger partial charge in [-0.1, -0.05) is 18.6 Å². The molecule has 2 rings (SSSR count). The van der Waals surface area contributed by atoms with E-state index < -0.39 is 10.0 Å². The van der Waals surface area contributed by atoms with Gasteiger partial charge in [0.2, 0.25) is 10.0 Å². The first-order valence-electron chi connectivity index (χ1n) is 6.30. The van der Waals surface area contributed by atoms with Gasteiger partial charge in [0.15, 0.2) is 0 Å². The van der Waals surface area contributed by atoms with Gasteiger partial charge in [-0.3, -0.25) is 0 Å². The number of nitrogens with one attached hydrogen (secondary N) is 1. The molecule has 0 spiro atoms. The molecular formula is C13H17N3O2S. The molecule has 0 heterocycles. The van der Waals surface area contributed by atoms with E-state index in [4.69, 9.17) is 11.0 Å². The van der Waals surface area contributed by atoms with E-state index in [9.17, 15) is 8.42 Å². The number of sulfonamides is 1. The highest BCUT2D eigenvalue weighted by Gasteiger charge is 2.31. The van der Waals surface area contributed by atoms with Crippen molar-refractivity contribution in [3.8, 4) is 6.07 Å². The number of nitrogens with zero attached hydrogens (tertiary/aromatic N) is 1. The third-order valence-corrected chi connectivity index (χ3v) is 5.11. The van der Waals surface area contributed by atoms with Crippen molar-refractivity contribution in [2.24, 2.45) is 11.7 Å². The van der Waals surface area contributed by atoms with Crippen LogP contribution >= 0.6 is 0 Å². The standard InChI is InChI=1S/C13H17N3O2S/c14-8-10-5-3-6-12(10)16-19(17,18)13-7-2-1-4-11(13)9-15/h1-2,4,7,10,12,16H,3,5-6,8,14H2. The summed E-state index contributed by atoms with van der Waals surface area (Å²) in [6.45, 7) is 0.479. The Morgan fingerprint density at radius 3 is 2.79 bits per heavy atom. The maximum atomic E-state index is 12.3. The van der Waals surface area contributed by atoms with E-state index in [1.54, 1.807) is 12.1 Å². The van der Waals surface area contributed by atoms with Crippen molar-refractivity contribution in [1.82, 2.24) is 4.72 Å². The Morgan fingerprint density at radius 1 is 1.37 bits per heavy atom. The molecule has 0 saturated heterocycles. The monoisotopic (exact) mass is 279 g/mol. The number of nitrogens with two attached hydrogens (primary N) is 1. The third kappa shape index (κ3) is 2.95. The molecule has 1 aliphatic rings. The summed E-state index contributed by atoms with van der Waals surface area (Å²) in [6, 6.07) is 8.00. The van der Waals surface area contributed by atoms with Gasteiger partial charge in [-0.25, -0.2) is 13.1 Å². The highest BCUT2D eigenvalue weighted by atomic mass is 32.2. The van der Waals surface area contributed by atoms with Gasteiger partial charge in [-0.2, -0.15) is 5.26 Å². The van der Waals surface area contributed by atoms with E-state index in [2.05, 4.69) is 4.72 Å². The first-order valence-corrected chi connectivity index (χ1v) is 7.78. The van der Waals surface area contributed by atoms with Crippen LogP contribution in [0, 0.1) is 17.2 Å². The summed E-state index contributed by atoms with van der Waals surface area (Å²) in [7, 11) is -3.66. The van der Waals surface area contributed by atoms with Crippen LogP contribution in [-0.4, -0.2) is 21.0 Å². The van der Waals surface area contributed by atoms with E-state index in [1.807, 2.05) is 6.07 Å². The lowest BCUT2D eigenvalue weighted by atomic mass is 10.1. The number of nitriles is 1. The largest absolute Gasteiger partial charge is 0.330 e. The van der Waals surface area contributed by atoms with Gasteiger partial charge in [0.05, 0.1) is 10.5 Å². The van der Waals surface area contributed by atoms with Crippen molar-refractivity contribution in [1.29, 1.82) is 5.26 Å². The van der Waals surface area contributed by atoms with Gasteiger partial charge >= 0.3 is 0 Å². The fourth-order valence-electron chi connectivity index (χ4n) is 2.53. The van der Waals surface area contributed by atoms with Crippen LogP contribution in [0.5, 0.6) is 0 Å². The second kappa shape index (κ2) is 5.70. The minimum Gasteiger partial charge on any atom is -0.330 e. The molecule has 1 aromatic carbocycles. The minimum atomic E-state index is -3.66. The molecule has 3 N–H and O–H groups in total.